The summed E-state index contributed by atoms with van der Waals surface area (Å²) in [5.74, 6) is -5.47. The molecule has 0 fully saturated rings. The fraction of sp³-hybridized carbons (Fsp3) is 0.154. The molecule has 0 bridgehead atoms. The SMILES string of the molecule is O=C1C(Cl)=C(N[C@H](CSSC[C@@H](NC2=C(Cl)C(=O)c3ccccc3C2=O)C(=O)O)C(=O)O)C(=O)c2ccccc21. The second-order valence-corrected chi connectivity index (χ2v) is 11.7. The largest absolute Gasteiger partial charge is 0.480 e. The van der Waals surface area contributed by atoms with Gasteiger partial charge in [-0.25, -0.2) is 9.59 Å². The van der Waals surface area contributed by atoms with Crippen LogP contribution in [-0.4, -0.2) is 68.9 Å². The van der Waals surface area contributed by atoms with Crippen molar-refractivity contribution in [3.05, 3.63) is 92.2 Å². The Bertz CT molecular complexity index is 1420. The van der Waals surface area contributed by atoms with E-state index in [9.17, 15) is 39.0 Å². The summed E-state index contributed by atoms with van der Waals surface area (Å²) in [6.07, 6.45) is 0. The summed E-state index contributed by atoms with van der Waals surface area (Å²) in [5.41, 5.74) is -0.265. The lowest BCUT2D eigenvalue weighted by Crippen LogP contribution is -2.43. The summed E-state index contributed by atoms with van der Waals surface area (Å²) in [6.45, 7) is 0. The lowest BCUT2D eigenvalue weighted by molar-refractivity contribution is -0.139. The highest BCUT2D eigenvalue weighted by Crippen LogP contribution is 2.30. The van der Waals surface area contributed by atoms with Crippen LogP contribution in [0.5, 0.6) is 0 Å². The molecule has 14 heteroatoms. The lowest BCUT2D eigenvalue weighted by atomic mass is 9.92. The van der Waals surface area contributed by atoms with Gasteiger partial charge in [-0.3, -0.25) is 19.2 Å². The number of carboxylic acid groups (broad SMARTS) is 2. The van der Waals surface area contributed by atoms with Crippen molar-refractivity contribution < 1.29 is 39.0 Å². The van der Waals surface area contributed by atoms with Crippen LogP contribution in [0.4, 0.5) is 0 Å². The van der Waals surface area contributed by atoms with Crippen LogP contribution in [-0.2, 0) is 9.59 Å². The molecule has 0 unspecified atom stereocenters. The van der Waals surface area contributed by atoms with Crippen molar-refractivity contribution in [3.8, 4) is 0 Å². The third kappa shape index (κ3) is 5.80. The van der Waals surface area contributed by atoms with Gasteiger partial charge in [0.05, 0.1) is 0 Å². The fourth-order valence-corrected chi connectivity index (χ4v) is 6.67. The molecule has 0 aliphatic heterocycles. The number of rotatable bonds is 11. The number of allylic oxidation sites excluding steroid dienone is 4. The molecule has 10 nitrogen and oxygen atoms in total. The highest BCUT2D eigenvalue weighted by molar-refractivity contribution is 8.76. The van der Waals surface area contributed by atoms with Gasteiger partial charge in [0.15, 0.2) is 0 Å². The van der Waals surface area contributed by atoms with Gasteiger partial charge in [-0.1, -0.05) is 93.3 Å². The van der Waals surface area contributed by atoms with Gasteiger partial charge in [-0.05, 0) is 0 Å². The van der Waals surface area contributed by atoms with E-state index in [1.165, 1.54) is 24.3 Å². The lowest BCUT2D eigenvalue weighted by Gasteiger charge is -2.23. The van der Waals surface area contributed by atoms with Crippen molar-refractivity contribution in [1.29, 1.82) is 0 Å². The number of carbonyl (C=O) groups excluding carboxylic acids is 4. The number of hydrogen-bond acceptors (Lipinski definition) is 10. The standard InChI is InChI=1S/C26H18Cl2N2O8S2/c27-17-19(23(33)13-7-3-1-5-11(13)21(17)31)29-15(25(35)36)9-39-40-10-16(26(37)38)30-20-18(28)22(32)12-6-2-4-8-14(12)24(20)34/h1-8,15-16,29-30H,9-10H2,(H,35,36)(H,37,38)/t15-,16-/m1/s1. The molecule has 2 aromatic rings. The summed E-state index contributed by atoms with van der Waals surface area (Å²) in [6, 6.07) is 9.33. The zero-order valence-corrected chi connectivity index (χ0v) is 23.2. The summed E-state index contributed by atoms with van der Waals surface area (Å²) < 4.78 is 0. The monoisotopic (exact) mass is 620 g/mol. The quantitative estimate of drug-likeness (QED) is 0.213. The van der Waals surface area contributed by atoms with E-state index in [4.69, 9.17) is 23.2 Å². The van der Waals surface area contributed by atoms with Crippen LogP contribution >= 0.6 is 44.8 Å². The molecular formula is C26H18Cl2N2O8S2. The van der Waals surface area contributed by atoms with E-state index in [1.54, 1.807) is 24.3 Å². The first-order valence-electron chi connectivity index (χ1n) is 11.4. The Morgan fingerprint density at radius 3 is 1.23 bits per heavy atom. The van der Waals surface area contributed by atoms with Crippen molar-refractivity contribution in [2.24, 2.45) is 0 Å². The van der Waals surface area contributed by atoms with E-state index in [0.29, 0.717) is 0 Å². The van der Waals surface area contributed by atoms with E-state index in [-0.39, 0.29) is 45.2 Å². The predicted octanol–water partition coefficient (Wildman–Crippen LogP) is 3.51. The van der Waals surface area contributed by atoms with Crippen LogP contribution in [0, 0.1) is 0 Å². The Kier molecular flexibility index (Phi) is 9.04. The summed E-state index contributed by atoms with van der Waals surface area (Å²) in [5, 5.41) is 23.5. The molecule has 0 heterocycles. The highest BCUT2D eigenvalue weighted by Gasteiger charge is 2.35. The van der Waals surface area contributed by atoms with Gasteiger partial charge in [-0.2, -0.15) is 0 Å². The van der Waals surface area contributed by atoms with Crippen LogP contribution < -0.4 is 10.6 Å². The summed E-state index contributed by atoms with van der Waals surface area (Å²) in [4.78, 5) is 74.6. The molecule has 4 rings (SSSR count). The Labute approximate surface area is 244 Å². The number of ketones is 4. The molecule has 4 N–H and O–H groups in total. The Morgan fingerprint density at radius 2 is 0.925 bits per heavy atom. The Balaban J connectivity index is 1.40. The van der Waals surface area contributed by atoms with Gasteiger partial charge in [0.25, 0.3) is 0 Å². The molecule has 0 amide bonds. The first kappa shape index (κ1) is 29.4. The zero-order valence-electron chi connectivity index (χ0n) is 20.1. The fourth-order valence-electron chi connectivity index (χ4n) is 3.88. The van der Waals surface area contributed by atoms with Gasteiger partial charge < -0.3 is 20.8 Å². The highest BCUT2D eigenvalue weighted by atomic mass is 35.5. The number of halogens is 2. The van der Waals surface area contributed by atoms with Crippen molar-refractivity contribution >= 4 is 79.9 Å². The second kappa shape index (κ2) is 12.3. The number of carboxylic acids is 2. The normalized spacial score (nSPS) is 16.4. The first-order chi connectivity index (χ1) is 19.0. The van der Waals surface area contributed by atoms with Crippen LogP contribution in [0.3, 0.4) is 0 Å². The number of benzene rings is 2. The molecule has 0 aromatic heterocycles. The second-order valence-electron chi connectivity index (χ2n) is 8.42. The van der Waals surface area contributed by atoms with Crippen molar-refractivity contribution in [2.45, 2.75) is 12.1 Å². The van der Waals surface area contributed by atoms with Crippen molar-refractivity contribution in [1.82, 2.24) is 10.6 Å². The zero-order chi connectivity index (χ0) is 29.1. The third-order valence-electron chi connectivity index (χ3n) is 5.91. The van der Waals surface area contributed by atoms with Crippen LogP contribution in [0.1, 0.15) is 41.4 Å². The maximum Gasteiger partial charge on any atom is 0.327 e. The van der Waals surface area contributed by atoms with Crippen LogP contribution in [0.15, 0.2) is 70.0 Å². The smallest absolute Gasteiger partial charge is 0.327 e. The van der Waals surface area contributed by atoms with Crippen LogP contribution in [0.25, 0.3) is 0 Å². The van der Waals surface area contributed by atoms with Crippen LogP contribution in [0.2, 0.25) is 0 Å². The minimum absolute atomic E-state index is 0.0901. The summed E-state index contributed by atoms with van der Waals surface area (Å²) in [7, 11) is 1.95. The van der Waals surface area contributed by atoms with Crippen molar-refractivity contribution in [3.63, 3.8) is 0 Å². The predicted molar refractivity (Wildman–Crippen MR) is 150 cm³/mol. The Hall–Kier alpha value is -3.58. The number of carbonyl (C=O) groups is 6. The molecular weight excluding hydrogens is 603 g/mol. The molecule has 0 saturated heterocycles. The average Bonchev–Trinajstić information content (AvgIpc) is 2.94. The van der Waals surface area contributed by atoms with E-state index in [1.807, 2.05) is 0 Å². The minimum Gasteiger partial charge on any atom is -0.480 e. The number of Topliss-reactive ketones (excluding diaryl/α,β-unsaturated/α-hetero) is 4. The van der Waals surface area contributed by atoms with Gasteiger partial charge in [0, 0.05) is 33.8 Å². The number of fused-ring (bicyclic) bond motifs is 2. The minimum atomic E-state index is -1.36. The maximum atomic E-state index is 12.9. The van der Waals surface area contributed by atoms with E-state index in [0.717, 1.165) is 21.6 Å². The molecule has 206 valence electrons. The Morgan fingerprint density at radius 1 is 0.625 bits per heavy atom. The van der Waals surface area contributed by atoms with Gasteiger partial charge in [0.2, 0.25) is 23.1 Å². The van der Waals surface area contributed by atoms with Gasteiger partial charge >= 0.3 is 11.9 Å². The number of nitrogens with one attached hydrogen (secondary N) is 2. The molecule has 40 heavy (non-hydrogen) atoms. The maximum absolute atomic E-state index is 12.9. The molecule has 2 atom stereocenters. The molecule has 2 aromatic carbocycles. The molecule has 0 spiro atoms. The van der Waals surface area contributed by atoms with E-state index in [2.05, 4.69) is 10.6 Å². The number of hydrogen-bond donors (Lipinski definition) is 4. The van der Waals surface area contributed by atoms with Gasteiger partial charge in [0.1, 0.15) is 33.5 Å². The topological polar surface area (TPSA) is 167 Å². The number of aliphatic carboxylic acids is 2. The molecule has 0 saturated carbocycles. The van der Waals surface area contributed by atoms with E-state index < -0.39 is 57.2 Å². The summed E-state index contributed by atoms with van der Waals surface area (Å²) >= 11 is 12.2. The molecule has 2 aliphatic rings. The molecule has 2 aliphatic carbocycles. The third-order valence-corrected chi connectivity index (χ3v) is 9.05. The van der Waals surface area contributed by atoms with E-state index >= 15 is 0 Å². The first-order valence-corrected chi connectivity index (χ1v) is 14.7. The average molecular weight is 621 g/mol. The van der Waals surface area contributed by atoms with Crippen molar-refractivity contribution in [2.75, 3.05) is 11.5 Å². The van der Waals surface area contributed by atoms with Gasteiger partial charge in [-0.15, -0.1) is 0 Å². The molecule has 0 radical (unpaired) electrons.